The highest BCUT2D eigenvalue weighted by atomic mass is 79.9. The van der Waals surface area contributed by atoms with Gasteiger partial charge in [0.05, 0.1) is 5.69 Å². The summed E-state index contributed by atoms with van der Waals surface area (Å²) in [4.78, 5) is 2.14. The summed E-state index contributed by atoms with van der Waals surface area (Å²) in [5.74, 6) is -0.127. The first kappa shape index (κ1) is 13.8. The topological polar surface area (TPSA) is 15.3 Å². The minimum absolute atomic E-state index is 0.127. The van der Waals surface area contributed by atoms with E-state index in [2.05, 4.69) is 33.1 Å². The van der Waals surface area contributed by atoms with Crippen LogP contribution in [0.15, 0.2) is 22.7 Å². The zero-order valence-corrected chi connectivity index (χ0v) is 12.3. The molecule has 2 nitrogen and oxygen atoms in total. The van der Waals surface area contributed by atoms with Crippen molar-refractivity contribution in [2.24, 2.45) is 0 Å². The number of benzene rings is 1. The van der Waals surface area contributed by atoms with E-state index >= 15 is 0 Å². The molecule has 0 aliphatic carbocycles. The molecule has 1 aliphatic heterocycles. The molecule has 1 saturated heterocycles. The number of hydrogen-bond donors (Lipinski definition) is 1. The Kier molecular flexibility index (Phi) is 5.01. The second kappa shape index (κ2) is 6.53. The Balaban J connectivity index is 1.94. The Hall–Kier alpha value is -0.610. The van der Waals surface area contributed by atoms with E-state index in [1.54, 1.807) is 6.07 Å². The van der Waals surface area contributed by atoms with Crippen LogP contribution in [0.3, 0.4) is 0 Å². The molecule has 1 fully saturated rings. The van der Waals surface area contributed by atoms with Crippen molar-refractivity contribution in [1.29, 1.82) is 0 Å². The molecule has 1 N–H and O–H groups in total. The lowest BCUT2D eigenvalue weighted by molar-refractivity contribution is 0.413. The first-order valence-corrected chi connectivity index (χ1v) is 7.43. The predicted octanol–water partition coefficient (Wildman–Crippen LogP) is 3.56. The number of nitrogens with zero attached hydrogens (tertiary/aromatic N) is 1. The largest absolute Gasteiger partial charge is 0.369 e. The average Bonchev–Trinajstić information content (AvgIpc) is 2.40. The van der Waals surface area contributed by atoms with Gasteiger partial charge in [-0.1, -0.05) is 22.9 Å². The van der Waals surface area contributed by atoms with Gasteiger partial charge in [-0.05, 0) is 44.0 Å². The van der Waals surface area contributed by atoms with Gasteiger partial charge in [-0.15, -0.1) is 0 Å². The third-order valence-corrected chi connectivity index (χ3v) is 3.92. The van der Waals surface area contributed by atoms with Gasteiger partial charge >= 0.3 is 0 Å². The van der Waals surface area contributed by atoms with E-state index < -0.39 is 0 Å². The summed E-state index contributed by atoms with van der Waals surface area (Å²) in [7, 11) is 0. The van der Waals surface area contributed by atoms with Crippen molar-refractivity contribution < 1.29 is 4.39 Å². The van der Waals surface area contributed by atoms with Gasteiger partial charge < -0.3 is 10.2 Å². The van der Waals surface area contributed by atoms with E-state index in [1.165, 1.54) is 12.5 Å². The van der Waals surface area contributed by atoms with Gasteiger partial charge in [0, 0.05) is 23.6 Å². The molecule has 0 spiro atoms. The van der Waals surface area contributed by atoms with Gasteiger partial charge in [0.15, 0.2) is 0 Å². The van der Waals surface area contributed by atoms with Crippen LogP contribution >= 0.6 is 15.9 Å². The van der Waals surface area contributed by atoms with Crippen molar-refractivity contribution in [1.82, 2.24) is 5.32 Å². The second-order valence-electron chi connectivity index (χ2n) is 4.81. The van der Waals surface area contributed by atoms with E-state index in [9.17, 15) is 4.39 Å². The molecule has 1 heterocycles. The molecule has 0 unspecified atom stereocenters. The van der Waals surface area contributed by atoms with Crippen LogP contribution in [0.4, 0.5) is 10.1 Å². The normalized spacial score (nSPS) is 17.2. The Morgan fingerprint density at radius 3 is 2.78 bits per heavy atom. The third kappa shape index (κ3) is 3.45. The maximum Gasteiger partial charge on any atom is 0.146 e. The van der Waals surface area contributed by atoms with Gasteiger partial charge in [0.25, 0.3) is 0 Å². The molecule has 0 amide bonds. The molecule has 0 atom stereocenters. The highest BCUT2D eigenvalue weighted by Gasteiger charge is 2.20. The quantitative estimate of drug-likeness (QED) is 0.914. The van der Waals surface area contributed by atoms with E-state index in [1.807, 2.05) is 6.07 Å². The van der Waals surface area contributed by atoms with Gasteiger partial charge in [-0.25, -0.2) is 4.39 Å². The van der Waals surface area contributed by atoms with E-state index in [0.29, 0.717) is 6.04 Å². The summed E-state index contributed by atoms with van der Waals surface area (Å²) < 4.78 is 14.7. The van der Waals surface area contributed by atoms with Gasteiger partial charge in [0.1, 0.15) is 5.82 Å². The minimum atomic E-state index is -0.127. The lowest BCUT2D eigenvalue weighted by Crippen LogP contribution is -2.43. The lowest BCUT2D eigenvalue weighted by atomic mass is 10.0. The fourth-order valence-electron chi connectivity index (χ4n) is 2.40. The molecule has 1 aromatic rings. The summed E-state index contributed by atoms with van der Waals surface area (Å²) >= 11 is 3.40. The van der Waals surface area contributed by atoms with Crippen LogP contribution in [-0.4, -0.2) is 25.7 Å². The summed E-state index contributed by atoms with van der Waals surface area (Å²) in [5, 5.41) is 3.54. The second-order valence-corrected chi connectivity index (χ2v) is 5.73. The molecular weight excluding hydrogens is 295 g/mol. The zero-order chi connectivity index (χ0) is 13.0. The number of nitrogens with one attached hydrogen (secondary N) is 1. The maximum atomic E-state index is 13.8. The minimum Gasteiger partial charge on any atom is -0.369 e. The van der Waals surface area contributed by atoms with Crippen molar-refractivity contribution in [3.63, 3.8) is 0 Å². The SMILES string of the molecule is CCCNC1CCN(c2cc(Br)ccc2F)CC1. The molecule has 0 radical (unpaired) electrons. The van der Waals surface area contributed by atoms with E-state index in [-0.39, 0.29) is 5.82 Å². The van der Waals surface area contributed by atoms with Gasteiger partial charge in [-0.3, -0.25) is 0 Å². The average molecular weight is 315 g/mol. The van der Waals surface area contributed by atoms with Crippen molar-refractivity contribution in [2.75, 3.05) is 24.5 Å². The standard InChI is InChI=1S/C14H20BrFN2/c1-2-7-17-12-5-8-18(9-6-12)14-10-11(15)3-4-13(14)16/h3-4,10,12,17H,2,5-9H2,1H3. The van der Waals surface area contributed by atoms with Crippen molar-refractivity contribution >= 4 is 21.6 Å². The van der Waals surface area contributed by atoms with E-state index in [4.69, 9.17) is 0 Å². The van der Waals surface area contributed by atoms with Crippen molar-refractivity contribution in [3.8, 4) is 0 Å². The van der Waals surface area contributed by atoms with Crippen molar-refractivity contribution in [3.05, 3.63) is 28.5 Å². The number of halogens is 2. The Morgan fingerprint density at radius 2 is 2.11 bits per heavy atom. The molecule has 18 heavy (non-hydrogen) atoms. The van der Waals surface area contributed by atoms with Crippen LogP contribution in [-0.2, 0) is 0 Å². The fourth-order valence-corrected chi connectivity index (χ4v) is 2.75. The monoisotopic (exact) mass is 314 g/mol. The van der Waals surface area contributed by atoms with Gasteiger partial charge in [-0.2, -0.15) is 0 Å². The van der Waals surface area contributed by atoms with Crippen LogP contribution in [0.25, 0.3) is 0 Å². The number of piperidine rings is 1. The summed E-state index contributed by atoms with van der Waals surface area (Å²) in [5.41, 5.74) is 0.721. The molecule has 0 saturated carbocycles. The molecule has 100 valence electrons. The highest BCUT2D eigenvalue weighted by molar-refractivity contribution is 9.10. The molecule has 0 bridgehead atoms. The predicted molar refractivity (Wildman–Crippen MR) is 77.6 cm³/mol. The molecule has 4 heteroatoms. The fraction of sp³-hybridized carbons (Fsp3) is 0.571. The first-order chi connectivity index (χ1) is 8.70. The summed E-state index contributed by atoms with van der Waals surface area (Å²) in [6.45, 7) is 5.11. The first-order valence-electron chi connectivity index (χ1n) is 6.64. The van der Waals surface area contributed by atoms with Crippen LogP contribution in [0, 0.1) is 5.82 Å². The Bertz CT molecular complexity index is 389. The third-order valence-electron chi connectivity index (χ3n) is 3.43. The number of anilines is 1. The highest BCUT2D eigenvalue weighted by Crippen LogP contribution is 2.26. The van der Waals surface area contributed by atoms with Crippen LogP contribution in [0.2, 0.25) is 0 Å². The zero-order valence-electron chi connectivity index (χ0n) is 10.8. The Labute approximate surface area is 117 Å². The van der Waals surface area contributed by atoms with E-state index in [0.717, 1.165) is 42.6 Å². The van der Waals surface area contributed by atoms with Crippen LogP contribution < -0.4 is 10.2 Å². The maximum absolute atomic E-state index is 13.8. The summed E-state index contributed by atoms with van der Waals surface area (Å²) in [6, 6.07) is 5.74. The number of rotatable bonds is 4. The van der Waals surface area contributed by atoms with Crippen LogP contribution in [0.1, 0.15) is 26.2 Å². The molecule has 1 aliphatic rings. The van der Waals surface area contributed by atoms with Crippen molar-refractivity contribution in [2.45, 2.75) is 32.2 Å². The molecule has 2 rings (SSSR count). The Morgan fingerprint density at radius 1 is 1.39 bits per heavy atom. The molecular formula is C14H20BrFN2. The number of hydrogen-bond acceptors (Lipinski definition) is 2. The molecule has 0 aromatic heterocycles. The smallest absolute Gasteiger partial charge is 0.146 e. The van der Waals surface area contributed by atoms with Gasteiger partial charge in [0.2, 0.25) is 0 Å². The summed E-state index contributed by atoms with van der Waals surface area (Å²) in [6.07, 6.45) is 3.35. The van der Waals surface area contributed by atoms with Crippen LogP contribution in [0.5, 0.6) is 0 Å². The lowest BCUT2D eigenvalue weighted by Gasteiger charge is -2.34. The molecule has 1 aromatic carbocycles.